The van der Waals surface area contributed by atoms with Gasteiger partial charge in [0, 0.05) is 12.1 Å². The summed E-state index contributed by atoms with van der Waals surface area (Å²) in [5, 5.41) is 6.71. The standard InChI is InChI=1S/C16H30N2O2/c1-4-8-17-15-10-20-9-13(15)16(19)18-14-7-6-12(5-2)11(14)3/h11-15,17H,4-10H2,1-3H3,(H,18,19). The predicted molar refractivity (Wildman–Crippen MR) is 80.5 cm³/mol. The second kappa shape index (κ2) is 7.41. The number of ether oxygens (including phenoxy) is 1. The van der Waals surface area contributed by atoms with E-state index in [2.05, 4.69) is 31.4 Å². The average Bonchev–Trinajstić information content (AvgIpc) is 3.04. The predicted octanol–water partition coefficient (Wildman–Crippen LogP) is 1.94. The third-order valence-electron chi connectivity index (χ3n) is 5.15. The Balaban J connectivity index is 1.85. The van der Waals surface area contributed by atoms with Gasteiger partial charge >= 0.3 is 0 Å². The van der Waals surface area contributed by atoms with Crippen LogP contribution in [0.2, 0.25) is 0 Å². The molecule has 1 heterocycles. The molecule has 4 nitrogen and oxygen atoms in total. The maximum atomic E-state index is 12.5. The molecule has 2 rings (SSSR count). The first-order chi connectivity index (χ1) is 9.67. The van der Waals surface area contributed by atoms with Crippen molar-refractivity contribution in [2.45, 2.75) is 58.5 Å². The lowest BCUT2D eigenvalue weighted by Gasteiger charge is -2.24. The molecule has 5 unspecified atom stereocenters. The zero-order chi connectivity index (χ0) is 14.5. The van der Waals surface area contributed by atoms with Crippen LogP contribution in [0.15, 0.2) is 0 Å². The molecule has 0 spiro atoms. The highest BCUT2D eigenvalue weighted by atomic mass is 16.5. The lowest BCUT2D eigenvalue weighted by molar-refractivity contribution is -0.126. The highest BCUT2D eigenvalue weighted by Crippen LogP contribution is 2.34. The number of amides is 1. The average molecular weight is 282 g/mol. The van der Waals surface area contributed by atoms with Crippen molar-refractivity contribution < 1.29 is 9.53 Å². The van der Waals surface area contributed by atoms with E-state index in [0.717, 1.165) is 25.3 Å². The minimum Gasteiger partial charge on any atom is -0.379 e. The molecule has 2 fully saturated rings. The number of hydrogen-bond donors (Lipinski definition) is 2. The monoisotopic (exact) mass is 282 g/mol. The molecule has 1 amide bonds. The molecule has 1 aliphatic carbocycles. The molecule has 2 aliphatic rings. The van der Waals surface area contributed by atoms with Crippen LogP contribution in [0.4, 0.5) is 0 Å². The van der Waals surface area contributed by atoms with E-state index in [1.54, 1.807) is 0 Å². The van der Waals surface area contributed by atoms with Crippen molar-refractivity contribution >= 4 is 5.91 Å². The largest absolute Gasteiger partial charge is 0.379 e. The Bertz CT molecular complexity index is 322. The molecule has 116 valence electrons. The summed E-state index contributed by atoms with van der Waals surface area (Å²) in [5.74, 6) is 1.54. The molecule has 1 saturated heterocycles. The molecular formula is C16H30N2O2. The SMILES string of the molecule is CCCNC1COCC1C(=O)NC1CCC(CC)C1C. The Hall–Kier alpha value is -0.610. The number of carbonyl (C=O) groups is 1. The molecule has 0 bridgehead atoms. The Morgan fingerprint density at radius 1 is 1.20 bits per heavy atom. The summed E-state index contributed by atoms with van der Waals surface area (Å²) in [6, 6.07) is 0.550. The Kier molecular flexibility index (Phi) is 5.85. The summed E-state index contributed by atoms with van der Waals surface area (Å²) in [6.45, 7) is 8.85. The summed E-state index contributed by atoms with van der Waals surface area (Å²) in [4.78, 5) is 12.5. The van der Waals surface area contributed by atoms with Crippen LogP contribution < -0.4 is 10.6 Å². The van der Waals surface area contributed by atoms with Gasteiger partial charge in [0.05, 0.1) is 19.1 Å². The smallest absolute Gasteiger partial charge is 0.227 e. The van der Waals surface area contributed by atoms with E-state index in [1.807, 2.05) is 0 Å². The number of carbonyl (C=O) groups excluding carboxylic acids is 1. The van der Waals surface area contributed by atoms with Crippen LogP contribution >= 0.6 is 0 Å². The first-order valence-electron chi connectivity index (χ1n) is 8.28. The van der Waals surface area contributed by atoms with Crippen LogP contribution in [-0.2, 0) is 9.53 Å². The van der Waals surface area contributed by atoms with Crippen molar-refractivity contribution in [2.24, 2.45) is 17.8 Å². The van der Waals surface area contributed by atoms with Gasteiger partial charge in [-0.2, -0.15) is 0 Å². The number of nitrogens with one attached hydrogen (secondary N) is 2. The van der Waals surface area contributed by atoms with Crippen LogP contribution in [0.3, 0.4) is 0 Å². The van der Waals surface area contributed by atoms with E-state index in [9.17, 15) is 4.79 Å². The van der Waals surface area contributed by atoms with Gasteiger partial charge in [-0.15, -0.1) is 0 Å². The molecule has 0 aromatic rings. The number of rotatable bonds is 6. The third kappa shape index (κ3) is 3.53. The molecular weight excluding hydrogens is 252 g/mol. The van der Waals surface area contributed by atoms with Gasteiger partial charge < -0.3 is 15.4 Å². The fourth-order valence-electron chi connectivity index (χ4n) is 3.66. The van der Waals surface area contributed by atoms with E-state index >= 15 is 0 Å². The second-order valence-corrected chi connectivity index (χ2v) is 6.42. The minimum atomic E-state index is -0.0190. The van der Waals surface area contributed by atoms with E-state index in [-0.39, 0.29) is 17.9 Å². The fourth-order valence-corrected chi connectivity index (χ4v) is 3.66. The number of hydrogen-bond acceptors (Lipinski definition) is 3. The molecule has 1 saturated carbocycles. The van der Waals surface area contributed by atoms with Crippen molar-refractivity contribution in [3.8, 4) is 0 Å². The molecule has 4 heteroatoms. The Morgan fingerprint density at radius 3 is 2.65 bits per heavy atom. The van der Waals surface area contributed by atoms with Gasteiger partial charge in [0.2, 0.25) is 5.91 Å². The van der Waals surface area contributed by atoms with E-state index in [1.165, 1.54) is 12.8 Å². The topological polar surface area (TPSA) is 50.4 Å². The molecule has 0 aromatic heterocycles. The van der Waals surface area contributed by atoms with E-state index < -0.39 is 0 Å². The zero-order valence-electron chi connectivity index (χ0n) is 13.2. The van der Waals surface area contributed by atoms with Gasteiger partial charge in [-0.3, -0.25) is 4.79 Å². The van der Waals surface area contributed by atoms with Crippen LogP contribution in [0.5, 0.6) is 0 Å². The quantitative estimate of drug-likeness (QED) is 0.783. The van der Waals surface area contributed by atoms with E-state index in [0.29, 0.717) is 25.2 Å². The summed E-state index contributed by atoms with van der Waals surface area (Å²) in [7, 11) is 0. The van der Waals surface area contributed by atoms with Gasteiger partial charge in [-0.1, -0.05) is 27.2 Å². The lowest BCUT2D eigenvalue weighted by atomic mass is 9.93. The van der Waals surface area contributed by atoms with Crippen LogP contribution in [0.1, 0.15) is 46.5 Å². The molecule has 1 aliphatic heterocycles. The van der Waals surface area contributed by atoms with Crippen molar-refractivity contribution in [3.05, 3.63) is 0 Å². The molecule has 0 radical (unpaired) electrons. The molecule has 20 heavy (non-hydrogen) atoms. The van der Waals surface area contributed by atoms with E-state index in [4.69, 9.17) is 4.74 Å². The van der Waals surface area contributed by atoms with Gasteiger partial charge in [-0.25, -0.2) is 0 Å². The summed E-state index contributed by atoms with van der Waals surface area (Å²) < 4.78 is 5.50. The van der Waals surface area contributed by atoms with Crippen molar-refractivity contribution in [3.63, 3.8) is 0 Å². The summed E-state index contributed by atoms with van der Waals surface area (Å²) >= 11 is 0. The Labute approximate surface area is 123 Å². The second-order valence-electron chi connectivity index (χ2n) is 6.42. The molecule has 2 N–H and O–H groups in total. The van der Waals surface area contributed by atoms with Crippen LogP contribution in [-0.4, -0.2) is 37.7 Å². The van der Waals surface area contributed by atoms with Crippen molar-refractivity contribution in [1.82, 2.24) is 10.6 Å². The van der Waals surface area contributed by atoms with Gasteiger partial charge in [0.15, 0.2) is 0 Å². The molecule has 5 atom stereocenters. The first kappa shape index (κ1) is 15.8. The van der Waals surface area contributed by atoms with Crippen LogP contribution in [0.25, 0.3) is 0 Å². The highest BCUT2D eigenvalue weighted by molar-refractivity contribution is 5.80. The van der Waals surface area contributed by atoms with Crippen LogP contribution in [0, 0.1) is 17.8 Å². The van der Waals surface area contributed by atoms with Gasteiger partial charge in [-0.05, 0) is 37.6 Å². The lowest BCUT2D eigenvalue weighted by Crippen LogP contribution is -2.47. The first-order valence-corrected chi connectivity index (χ1v) is 8.28. The fraction of sp³-hybridized carbons (Fsp3) is 0.938. The van der Waals surface area contributed by atoms with Gasteiger partial charge in [0.1, 0.15) is 0 Å². The maximum absolute atomic E-state index is 12.5. The summed E-state index contributed by atoms with van der Waals surface area (Å²) in [6.07, 6.45) is 4.69. The highest BCUT2D eigenvalue weighted by Gasteiger charge is 2.37. The third-order valence-corrected chi connectivity index (χ3v) is 5.15. The van der Waals surface area contributed by atoms with Gasteiger partial charge in [0.25, 0.3) is 0 Å². The summed E-state index contributed by atoms with van der Waals surface area (Å²) in [5.41, 5.74) is 0. The zero-order valence-corrected chi connectivity index (χ0v) is 13.2. The minimum absolute atomic E-state index is 0.0190. The Morgan fingerprint density at radius 2 is 2.00 bits per heavy atom. The normalized spacial score (nSPS) is 37.2. The van der Waals surface area contributed by atoms with Crippen molar-refractivity contribution in [2.75, 3.05) is 19.8 Å². The molecule has 0 aromatic carbocycles. The maximum Gasteiger partial charge on any atom is 0.227 e. The van der Waals surface area contributed by atoms with Crippen molar-refractivity contribution in [1.29, 1.82) is 0 Å².